The van der Waals surface area contributed by atoms with Crippen molar-refractivity contribution in [2.24, 2.45) is 5.41 Å². The summed E-state index contributed by atoms with van der Waals surface area (Å²) in [6, 6.07) is 0. The summed E-state index contributed by atoms with van der Waals surface area (Å²) in [5, 5.41) is 0. The Morgan fingerprint density at radius 3 is 2.25 bits per heavy atom. The van der Waals surface area contributed by atoms with Crippen molar-refractivity contribution in [2.45, 2.75) is 41.0 Å². The minimum atomic E-state index is 0.289. The quantitative estimate of drug-likeness (QED) is 0.675. The molecule has 0 aromatic rings. The second-order valence-electron chi connectivity index (χ2n) is 5.20. The molecule has 0 heterocycles. The molecule has 0 saturated heterocycles. The molecule has 0 N–H and O–H groups in total. The molecule has 0 spiro atoms. The molecule has 0 fully saturated rings. The van der Waals surface area contributed by atoms with Gasteiger partial charge in [-0.2, -0.15) is 0 Å². The SMILES string of the molecule is CC1=C(C)C(C)(C)[C]([Cr][C]2=CC=CC2)=C1C. The summed E-state index contributed by atoms with van der Waals surface area (Å²) in [4.78, 5) is 0. The fourth-order valence-electron chi connectivity index (χ4n) is 2.40. The van der Waals surface area contributed by atoms with E-state index in [2.05, 4.69) is 52.8 Å². The van der Waals surface area contributed by atoms with Gasteiger partial charge in [0.1, 0.15) is 0 Å². The average molecular weight is 252 g/mol. The van der Waals surface area contributed by atoms with E-state index in [4.69, 9.17) is 0 Å². The molecule has 0 atom stereocenters. The van der Waals surface area contributed by atoms with Crippen molar-refractivity contribution < 1.29 is 15.2 Å². The third-order valence-corrected chi connectivity index (χ3v) is 6.42. The minimum absolute atomic E-state index is 0.289. The van der Waals surface area contributed by atoms with Crippen LogP contribution in [0.5, 0.6) is 0 Å². The van der Waals surface area contributed by atoms with E-state index in [9.17, 15) is 0 Å². The molecule has 86 valence electrons. The van der Waals surface area contributed by atoms with Gasteiger partial charge in [-0.15, -0.1) is 0 Å². The molecular weight excluding hydrogens is 232 g/mol. The van der Waals surface area contributed by atoms with E-state index in [0.717, 1.165) is 0 Å². The third-order valence-electron chi connectivity index (χ3n) is 3.94. The molecule has 1 heteroatoms. The van der Waals surface area contributed by atoms with Crippen molar-refractivity contribution in [3.05, 3.63) is 43.8 Å². The van der Waals surface area contributed by atoms with Gasteiger partial charge < -0.3 is 0 Å². The first kappa shape index (κ1) is 12.0. The molecule has 2 aliphatic carbocycles. The molecule has 0 aromatic heterocycles. The van der Waals surface area contributed by atoms with Gasteiger partial charge in [0.15, 0.2) is 0 Å². The van der Waals surface area contributed by atoms with Crippen molar-refractivity contribution in [3.8, 4) is 0 Å². The molecule has 0 aromatic carbocycles. The molecule has 16 heavy (non-hydrogen) atoms. The molecular formula is C15H20Cr. The Morgan fingerprint density at radius 1 is 1.12 bits per heavy atom. The zero-order chi connectivity index (χ0) is 11.9. The zero-order valence-corrected chi connectivity index (χ0v) is 12.1. The number of rotatable bonds is 2. The molecule has 0 radical (unpaired) electrons. The van der Waals surface area contributed by atoms with Crippen molar-refractivity contribution in [2.75, 3.05) is 0 Å². The van der Waals surface area contributed by atoms with Gasteiger partial charge in [-0.1, -0.05) is 0 Å². The van der Waals surface area contributed by atoms with Gasteiger partial charge in [-0.3, -0.25) is 0 Å². The fourth-order valence-corrected chi connectivity index (χ4v) is 4.43. The molecule has 0 amide bonds. The zero-order valence-electron chi connectivity index (χ0n) is 10.8. The Bertz CT molecular complexity index is 442. The van der Waals surface area contributed by atoms with Crippen LogP contribution in [0.25, 0.3) is 0 Å². The number of hydrogen-bond acceptors (Lipinski definition) is 0. The van der Waals surface area contributed by atoms with Crippen molar-refractivity contribution >= 4 is 0 Å². The summed E-state index contributed by atoms with van der Waals surface area (Å²) in [6.45, 7) is 11.6. The average Bonchev–Trinajstić information content (AvgIpc) is 2.78. The Hall–Kier alpha value is -0.508. The molecule has 0 bridgehead atoms. The van der Waals surface area contributed by atoms with E-state index in [-0.39, 0.29) is 5.41 Å². The molecule has 0 nitrogen and oxygen atoms in total. The Morgan fingerprint density at radius 2 is 1.81 bits per heavy atom. The van der Waals surface area contributed by atoms with Crippen LogP contribution in [-0.2, 0) is 15.2 Å². The fraction of sp³-hybridized carbons (Fsp3) is 0.467. The van der Waals surface area contributed by atoms with Gasteiger partial charge in [0, 0.05) is 0 Å². The van der Waals surface area contributed by atoms with Crippen LogP contribution in [0.4, 0.5) is 0 Å². The summed E-state index contributed by atoms with van der Waals surface area (Å²) in [5.41, 5.74) is 4.93. The van der Waals surface area contributed by atoms with E-state index in [1.807, 2.05) is 0 Å². The van der Waals surface area contributed by atoms with Crippen LogP contribution < -0.4 is 0 Å². The van der Waals surface area contributed by atoms with E-state index in [1.54, 1.807) is 20.0 Å². The van der Waals surface area contributed by atoms with Gasteiger partial charge >= 0.3 is 105 Å². The van der Waals surface area contributed by atoms with Crippen LogP contribution in [0.2, 0.25) is 0 Å². The molecule has 0 unspecified atom stereocenters. The van der Waals surface area contributed by atoms with E-state index in [1.165, 1.54) is 12.0 Å². The second kappa shape index (κ2) is 4.06. The summed E-state index contributed by atoms with van der Waals surface area (Å²) in [7, 11) is 0. The summed E-state index contributed by atoms with van der Waals surface area (Å²) < 4.78 is 3.31. The predicted molar refractivity (Wildman–Crippen MR) is 66.7 cm³/mol. The normalized spacial score (nSPS) is 23.4. The van der Waals surface area contributed by atoms with E-state index in [0.29, 0.717) is 15.2 Å². The van der Waals surface area contributed by atoms with Crippen LogP contribution in [-0.4, -0.2) is 0 Å². The molecule has 0 saturated carbocycles. The number of hydrogen-bond donors (Lipinski definition) is 0. The van der Waals surface area contributed by atoms with Crippen LogP contribution in [0.15, 0.2) is 43.8 Å². The van der Waals surface area contributed by atoms with E-state index >= 15 is 0 Å². The Kier molecular flexibility index (Phi) is 3.04. The van der Waals surface area contributed by atoms with Crippen LogP contribution in [0.1, 0.15) is 41.0 Å². The third kappa shape index (κ3) is 1.77. The Balaban J connectivity index is 2.29. The van der Waals surface area contributed by atoms with Gasteiger partial charge in [-0.05, 0) is 0 Å². The Labute approximate surface area is 106 Å². The summed E-state index contributed by atoms with van der Waals surface area (Å²) >= 11 is 0.538. The van der Waals surface area contributed by atoms with Crippen molar-refractivity contribution in [3.63, 3.8) is 0 Å². The first-order valence-electron chi connectivity index (χ1n) is 5.88. The maximum atomic E-state index is 2.38. The van der Waals surface area contributed by atoms with Gasteiger partial charge in [0.05, 0.1) is 0 Å². The van der Waals surface area contributed by atoms with E-state index < -0.39 is 0 Å². The number of allylic oxidation sites excluding steroid dienone is 8. The standard InChI is InChI=1S/C10H15.C5H5.Cr/c1-7-6-10(4,5)9(3)8(7)2;1-2-4-5-3-1;/h1-5H3;1-3H,4H2;. The summed E-state index contributed by atoms with van der Waals surface area (Å²) in [5.74, 6) is 0. The van der Waals surface area contributed by atoms with Crippen LogP contribution in [0, 0.1) is 5.41 Å². The first-order chi connectivity index (χ1) is 7.44. The monoisotopic (exact) mass is 252 g/mol. The van der Waals surface area contributed by atoms with Crippen molar-refractivity contribution in [1.29, 1.82) is 0 Å². The van der Waals surface area contributed by atoms with Crippen LogP contribution in [0.3, 0.4) is 0 Å². The topological polar surface area (TPSA) is 0 Å². The molecule has 2 rings (SSSR count). The van der Waals surface area contributed by atoms with Gasteiger partial charge in [-0.25, -0.2) is 0 Å². The molecule has 2 aliphatic rings. The maximum absolute atomic E-state index is 2.38. The van der Waals surface area contributed by atoms with Crippen LogP contribution >= 0.6 is 0 Å². The predicted octanol–water partition coefficient (Wildman–Crippen LogP) is 4.56. The summed E-state index contributed by atoms with van der Waals surface area (Å²) in [6.07, 6.45) is 7.94. The molecule has 0 aliphatic heterocycles. The van der Waals surface area contributed by atoms with Gasteiger partial charge in [0.25, 0.3) is 0 Å². The van der Waals surface area contributed by atoms with Gasteiger partial charge in [0.2, 0.25) is 0 Å². The van der Waals surface area contributed by atoms with Crippen molar-refractivity contribution in [1.82, 2.24) is 0 Å². The second-order valence-corrected chi connectivity index (χ2v) is 6.97. The first-order valence-corrected chi connectivity index (χ1v) is 7.15.